The first kappa shape index (κ1) is 20.4. The molecule has 0 aromatic rings. The smallest absolute Gasteiger partial charge is 0.269 e. The number of aliphatic hydroxyl groups is 1. The normalized spacial score (nSPS) is 17.5. The Labute approximate surface area is 116 Å². The second-order valence-corrected chi connectivity index (χ2v) is 4.94. The van der Waals surface area contributed by atoms with Crippen molar-refractivity contribution < 1.29 is 19.0 Å². The van der Waals surface area contributed by atoms with Gasteiger partial charge in [0.25, 0.3) is 6.48 Å². The first-order valence-electron chi connectivity index (χ1n) is 6.92. The molecule has 0 aliphatic heterocycles. The molecule has 0 spiro atoms. The number of aliphatic hydroxyl groups excluding tert-OH is 1. The van der Waals surface area contributed by atoms with E-state index in [1.54, 1.807) is 0 Å². The van der Waals surface area contributed by atoms with E-state index in [-0.39, 0.29) is 12.2 Å². The maximum Gasteiger partial charge on any atom is 0.269 e. The molecule has 1 N–H and O–H groups in total. The van der Waals surface area contributed by atoms with E-state index in [9.17, 15) is 5.11 Å². The van der Waals surface area contributed by atoms with Gasteiger partial charge in [0.2, 0.25) is 0 Å². The van der Waals surface area contributed by atoms with Crippen LogP contribution in [0.25, 0.3) is 0 Å². The second-order valence-electron chi connectivity index (χ2n) is 4.47. The van der Waals surface area contributed by atoms with E-state index in [1.807, 2.05) is 27.7 Å². The van der Waals surface area contributed by atoms with Crippen LogP contribution < -0.4 is 0 Å². The SMILES string of the molecule is CCC(C)OC(O)OC(C)CC.CCC(C)O[SiH3]. The van der Waals surface area contributed by atoms with E-state index >= 15 is 0 Å². The van der Waals surface area contributed by atoms with Crippen LogP contribution in [0.4, 0.5) is 0 Å². The van der Waals surface area contributed by atoms with Gasteiger partial charge in [-0.2, -0.15) is 0 Å². The zero-order chi connectivity index (χ0) is 14.6. The van der Waals surface area contributed by atoms with E-state index < -0.39 is 6.48 Å². The number of hydrogen-bond donors (Lipinski definition) is 1. The van der Waals surface area contributed by atoms with E-state index in [0.717, 1.165) is 29.7 Å². The molecule has 0 aliphatic rings. The van der Waals surface area contributed by atoms with Gasteiger partial charge in [0.1, 0.15) is 10.5 Å². The quantitative estimate of drug-likeness (QED) is 0.545. The van der Waals surface area contributed by atoms with E-state index in [4.69, 9.17) is 13.9 Å². The van der Waals surface area contributed by atoms with Crippen molar-refractivity contribution in [1.82, 2.24) is 0 Å². The minimum absolute atomic E-state index is 0.0454. The highest BCUT2D eigenvalue weighted by Gasteiger charge is 2.11. The van der Waals surface area contributed by atoms with Crippen molar-refractivity contribution in [2.75, 3.05) is 0 Å². The lowest BCUT2D eigenvalue weighted by Gasteiger charge is -2.20. The molecule has 0 aliphatic carbocycles. The average Bonchev–Trinajstić information content (AvgIpc) is 2.37. The van der Waals surface area contributed by atoms with Crippen LogP contribution in [-0.2, 0) is 13.9 Å². The predicted octanol–water partition coefficient (Wildman–Crippen LogP) is 1.97. The summed E-state index contributed by atoms with van der Waals surface area (Å²) in [5.74, 6) is 0. The van der Waals surface area contributed by atoms with Crippen LogP contribution in [0.2, 0.25) is 0 Å². The minimum Gasteiger partial charge on any atom is -0.425 e. The molecular formula is C13H32O4Si. The van der Waals surface area contributed by atoms with Gasteiger partial charge < -0.3 is 19.0 Å². The van der Waals surface area contributed by atoms with Crippen LogP contribution in [-0.4, -0.2) is 40.4 Å². The highest BCUT2D eigenvalue weighted by Crippen LogP contribution is 2.05. The summed E-state index contributed by atoms with van der Waals surface area (Å²) in [6, 6.07) is 0. The molecule has 0 bridgehead atoms. The molecule has 0 saturated carbocycles. The molecular weight excluding hydrogens is 248 g/mol. The Bertz CT molecular complexity index is 153. The van der Waals surface area contributed by atoms with Crippen molar-refractivity contribution in [2.24, 2.45) is 0 Å². The van der Waals surface area contributed by atoms with Crippen molar-refractivity contribution in [3.63, 3.8) is 0 Å². The molecule has 0 amide bonds. The molecule has 3 atom stereocenters. The standard InChI is InChI=1S/C9H20O3.C4H12OSi/c1-5-7(3)11-9(10)12-8(4)6-2;1-3-4(2)5-6/h7-10H,5-6H2,1-4H3;4H,3H2,1-2,6H3. The van der Waals surface area contributed by atoms with Gasteiger partial charge in [0.15, 0.2) is 0 Å². The van der Waals surface area contributed by atoms with E-state index in [0.29, 0.717) is 6.10 Å². The lowest BCUT2D eigenvalue weighted by Crippen LogP contribution is -2.25. The molecule has 0 rings (SSSR count). The number of hydrogen-bond acceptors (Lipinski definition) is 4. The van der Waals surface area contributed by atoms with Crippen molar-refractivity contribution in [1.29, 1.82) is 0 Å². The summed E-state index contributed by atoms with van der Waals surface area (Å²) in [5, 5.41) is 9.21. The summed E-state index contributed by atoms with van der Waals surface area (Å²) >= 11 is 0. The molecule has 4 nitrogen and oxygen atoms in total. The predicted molar refractivity (Wildman–Crippen MR) is 78.5 cm³/mol. The first-order valence-corrected chi connectivity index (χ1v) is 7.74. The molecule has 0 aromatic heterocycles. The molecule has 5 heteroatoms. The Kier molecular flexibility index (Phi) is 15.3. The van der Waals surface area contributed by atoms with Crippen LogP contribution in [0.5, 0.6) is 0 Å². The maximum atomic E-state index is 9.21. The van der Waals surface area contributed by atoms with Crippen LogP contribution in [0, 0.1) is 0 Å². The molecule has 112 valence electrons. The van der Waals surface area contributed by atoms with Crippen LogP contribution >= 0.6 is 0 Å². The van der Waals surface area contributed by atoms with Gasteiger partial charge in [0.05, 0.1) is 12.2 Å². The zero-order valence-electron chi connectivity index (χ0n) is 13.1. The van der Waals surface area contributed by atoms with Gasteiger partial charge in [-0.15, -0.1) is 0 Å². The summed E-state index contributed by atoms with van der Waals surface area (Å²) < 4.78 is 15.2. The van der Waals surface area contributed by atoms with Crippen molar-refractivity contribution in [3.8, 4) is 0 Å². The average molecular weight is 280 g/mol. The second kappa shape index (κ2) is 13.5. The molecule has 0 heterocycles. The van der Waals surface area contributed by atoms with Crippen LogP contribution in [0.3, 0.4) is 0 Å². The Morgan fingerprint density at radius 2 is 1.17 bits per heavy atom. The third kappa shape index (κ3) is 14.1. The fourth-order valence-electron chi connectivity index (χ4n) is 0.789. The largest absolute Gasteiger partial charge is 0.425 e. The molecule has 3 unspecified atom stereocenters. The highest BCUT2D eigenvalue weighted by atomic mass is 28.2. The fourth-order valence-corrected chi connectivity index (χ4v) is 1.12. The highest BCUT2D eigenvalue weighted by molar-refractivity contribution is 5.98. The van der Waals surface area contributed by atoms with Crippen molar-refractivity contribution in [3.05, 3.63) is 0 Å². The van der Waals surface area contributed by atoms with Gasteiger partial charge in [-0.3, -0.25) is 0 Å². The third-order valence-corrected chi connectivity index (χ3v) is 3.63. The summed E-state index contributed by atoms with van der Waals surface area (Å²) in [4.78, 5) is 0. The lowest BCUT2D eigenvalue weighted by atomic mass is 10.3. The Morgan fingerprint density at radius 3 is 1.33 bits per heavy atom. The third-order valence-electron chi connectivity index (χ3n) is 2.82. The maximum absolute atomic E-state index is 9.21. The molecule has 0 aromatic carbocycles. The molecule has 0 radical (unpaired) electrons. The summed E-state index contributed by atoms with van der Waals surface area (Å²) in [6.45, 7) is 11.0. The Balaban J connectivity index is 0. The van der Waals surface area contributed by atoms with Gasteiger partial charge in [-0.05, 0) is 40.0 Å². The molecule has 18 heavy (non-hydrogen) atoms. The van der Waals surface area contributed by atoms with Crippen molar-refractivity contribution in [2.45, 2.75) is 85.6 Å². The number of rotatable bonds is 8. The molecule has 0 fully saturated rings. The summed E-state index contributed by atoms with van der Waals surface area (Å²) in [5.41, 5.74) is 0. The Hall–Kier alpha value is 0.0569. The summed E-state index contributed by atoms with van der Waals surface area (Å²) in [7, 11) is 0.882. The van der Waals surface area contributed by atoms with E-state index in [1.165, 1.54) is 0 Å². The lowest BCUT2D eigenvalue weighted by molar-refractivity contribution is -0.294. The van der Waals surface area contributed by atoms with Crippen LogP contribution in [0.15, 0.2) is 0 Å². The minimum atomic E-state index is -1.07. The van der Waals surface area contributed by atoms with Gasteiger partial charge in [0, 0.05) is 6.10 Å². The monoisotopic (exact) mass is 280 g/mol. The van der Waals surface area contributed by atoms with Gasteiger partial charge in [-0.25, -0.2) is 0 Å². The Morgan fingerprint density at radius 1 is 0.833 bits per heavy atom. The summed E-state index contributed by atoms with van der Waals surface area (Å²) in [6.07, 6.45) is 3.48. The van der Waals surface area contributed by atoms with Gasteiger partial charge >= 0.3 is 0 Å². The first-order chi connectivity index (χ1) is 8.40. The zero-order valence-corrected chi connectivity index (χ0v) is 15.1. The van der Waals surface area contributed by atoms with Crippen LogP contribution in [0.1, 0.15) is 60.8 Å². The fraction of sp³-hybridized carbons (Fsp3) is 1.00. The number of ether oxygens (including phenoxy) is 2. The van der Waals surface area contributed by atoms with Crippen molar-refractivity contribution >= 4 is 10.5 Å². The topological polar surface area (TPSA) is 47.9 Å². The molecule has 0 saturated heterocycles. The van der Waals surface area contributed by atoms with Gasteiger partial charge in [-0.1, -0.05) is 20.8 Å². The van der Waals surface area contributed by atoms with E-state index in [2.05, 4.69) is 13.8 Å².